The summed E-state index contributed by atoms with van der Waals surface area (Å²) in [5.41, 5.74) is 2.76. The van der Waals surface area contributed by atoms with Gasteiger partial charge in [0.15, 0.2) is 0 Å². The molecule has 2 aromatic rings. The number of fused-ring (bicyclic) bond motifs is 1. The molecule has 0 saturated carbocycles. The highest BCUT2D eigenvalue weighted by atomic mass is 16.5. The van der Waals surface area contributed by atoms with Crippen LogP contribution in [0, 0.1) is 5.92 Å². The van der Waals surface area contributed by atoms with E-state index in [2.05, 4.69) is 46.9 Å². The van der Waals surface area contributed by atoms with E-state index in [-0.39, 0.29) is 0 Å². The van der Waals surface area contributed by atoms with Crippen LogP contribution in [0.25, 0.3) is 10.9 Å². The zero-order chi connectivity index (χ0) is 13.9. The van der Waals surface area contributed by atoms with Gasteiger partial charge in [-0.3, -0.25) is 4.90 Å². The molecule has 1 aliphatic heterocycles. The molecule has 0 radical (unpaired) electrons. The van der Waals surface area contributed by atoms with Gasteiger partial charge in [-0.05, 0) is 55.0 Å². The number of hydrogen-bond donors (Lipinski definition) is 0. The number of likely N-dealkylation sites (tertiary alicyclic amines) is 1. The van der Waals surface area contributed by atoms with Crippen LogP contribution in [-0.4, -0.2) is 36.3 Å². The van der Waals surface area contributed by atoms with Gasteiger partial charge in [-0.2, -0.15) is 0 Å². The van der Waals surface area contributed by atoms with E-state index in [0.29, 0.717) is 5.92 Å². The maximum atomic E-state index is 5.27. The van der Waals surface area contributed by atoms with Crippen LogP contribution in [0.3, 0.4) is 0 Å². The lowest BCUT2D eigenvalue weighted by atomic mass is 10.1. The topological polar surface area (TPSA) is 17.4 Å². The Labute approximate surface area is 121 Å². The zero-order valence-electron chi connectivity index (χ0n) is 12.5. The molecule has 20 heavy (non-hydrogen) atoms. The first-order chi connectivity index (χ1) is 9.80. The van der Waals surface area contributed by atoms with Crippen molar-refractivity contribution in [3.8, 4) is 0 Å². The van der Waals surface area contributed by atoms with Gasteiger partial charge in [0.25, 0.3) is 0 Å². The third-order valence-electron chi connectivity index (χ3n) is 4.35. The molecule has 1 aromatic carbocycles. The van der Waals surface area contributed by atoms with E-state index in [4.69, 9.17) is 4.74 Å². The van der Waals surface area contributed by atoms with E-state index in [9.17, 15) is 0 Å². The molecule has 3 heteroatoms. The van der Waals surface area contributed by atoms with Crippen LogP contribution in [-0.2, 0) is 17.8 Å². The molecular weight excluding hydrogens is 248 g/mol. The third kappa shape index (κ3) is 2.74. The minimum atomic E-state index is 0.713. The Bertz CT molecular complexity index is 575. The summed E-state index contributed by atoms with van der Waals surface area (Å²) in [7, 11) is 1.80. The van der Waals surface area contributed by atoms with Gasteiger partial charge in [-0.25, -0.2) is 0 Å². The quantitative estimate of drug-likeness (QED) is 0.832. The second-order valence-corrected chi connectivity index (χ2v) is 5.84. The first kappa shape index (κ1) is 13.7. The Hall–Kier alpha value is -1.32. The molecule has 108 valence electrons. The molecule has 1 saturated heterocycles. The fourth-order valence-electron chi connectivity index (χ4n) is 3.31. The van der Waals surface area contributed by atoms with Crippen LogP contribution in [0.5, 0.6) is 0 Å². The largest absolute Gasteiger partial charge is 0.384 e. The van der Waals surface area contributed by atoms with Crippen molar-refractivity contribution in [2.24, 2.45) is 5.92 Å². The van der Waals surface area contributed by atoms with Crippen molar-refractivity contribution in [1.82, 2.24) is 9.47 Å². The van der Waals surface area contributed by atoms with Gasteiger partial charge in [-0.15, -0.1) is 0 Å². The second kappa shape index (κ2) is 5.98. The van der Waals surface area contributed by atoms with E-state index < -0.39 is 0 Å². The monoisotopic (exact) mass is 272 g/mol. The SMILES string of the molecule is CCn1ccc2cc(CN3CCC(COC)C3)ccc21. The van der Waals surface area contributed by atoms with E-state index in [1.54, 1.807) is 7.11 Å². The molecule has 1 atom stereocenters. The summed E-state index contributed by atoms with van der Waals surface area (Å²) in [6.45, 7) is 7.55. The van der Waals surface area contributed by atoms with Crippen molar-refractivity contribution in [1.29, 1.82) is 0 Å². The van der Waals surface area contributed by atoms with E-state index in [1.807, 2.05) is 0 Å². The first-order valence-electron chi connectivity index (χ1n) is 7.59. The van der Waals surface area contributed by atoms with Crippen molar-refractivity contribution < 1.29 is 4.74 Å². The molecule has 3 rings (SSSR count). The Morgan fingerprint density at radius 2 is 2.20 bits per heavy atom. The van der Waals surface area contributed by atoms with E-state index >= 15 is 0 Å². The van der Waals surface area contributed by atoms with Gasteiger partial charge in [0.1, 0.15) is 0 Å². The van der Waals surface area contributed by atoms with Gasteiger partial charge >= 0.3 is 0 Å². The average molecular weight is 272 g/mol. The predicted molar refractivity (Wildman–Crippen MR) is 82.9 cm³/mol. The van der Waals surface area contributed by atoms with Crippen LogP contribution >= 0.6 is 0 Å². The van der Waals surface area contributed by atoms with Crippen molar-refractivity contribution in [3.05, 3.63) is 36.0 Å². The van der Waals surface area contributed by atoms with Gasteiger partial charge < -0.3 is 9.30 Å². The summed E-state index contributed by atoms with van der Waals surface area (Å²) >= 11 is 0. The standard InChI is InChI=1S/C17H24N2O/c1-3-19-9-7-16-10-14(4-5-17(16)19)11-18-8-6-15(12-18)13-20-2/h4-5,7,9-10,15H,3,6,8,11-13H2,1-2H3. The minimum Gasteiger partial charge on any atom is -0.384 e. The third-order valence-corrected chi connectivity index (χ3v) is 4.35. The average Bonchev–Trinajstić information content (AvgIpc) is 3.05. The number of methoxy groups -OCH3 is 1. The van der Waals surface area contributed by atoms with Crippen LogP contribution in [0.15, 0.2) is 30.5 Å². The molecular formula is C17H24N2O. The summed E-state index contributed by atoms with van der Waals surface area (Å²) in [6, 6.07) is 9.10. The molecule has 1 aliphatic rings. The fraction of sp³-hybridized carbons (Fsp3) is 0.529. The van der Waals surface area contributed by atoms with Crippen molar-refractivity contribution in [3.63, 3.8) is 0 Å². The van der Waals surface area contributed by atoms with Gasteiger partial charge in [0.05, 0.1) is 6.61 Å². The zero-order valence-corrected chi connectivity index (χ0v) is 12.5. The lowest BCUT2D eigenvalue weighted by molar-refractivity contribution is 0.152. The number of rotatable bonds is 5. The molecule has 2 heterocycles. The van der Waals surface area contributed by atoms with E-state index in [1.165, 1.54) is 36.0 Å². The Morgan fingerprint density at radius 1 is 1.30 bits per heavy atom. The number of aryl methyl sites for hydroxylation is 1. The molecule has 1 aromatic heterocycles. The summed E-state index contributed by atoms with van der Waals surface area (Å²) in [5, 5.41) is 1.36. The molecule has 1 unspecified atom stereocenters. The Kier molecular flexibility index (Phi) is 4.08. The number of benzene rings is 1. The Balaban J connectivity index is 1.69. The van der Waals surface area contributed by atoms with E-state index in [0.717, 1.165) is 19.7 Å². The van der Waals surface area contributed by atoms with Gasteiger partial charge in [-0.1, -0.05) is 6.07 Å². The molecule has 0 bridgehead atoms. The Morgan fingerprint density at radius 3 is 3.00 bits per heavy atom. The highest BCUT2D eigenvalue weighted by Gasteiger charge is 2.22. The number of nitrogens with zero attached hydrogens (tertiary/aromatic N) is 2. The summed E-state index contributed by atoms with van der Waals surface area (Å²) in [5.74, 6) is 0.713. The molecule has 0 spiro atoms. The number of hydrogen-bond acceptors (Lipinski definition) is 2. The summed E-state index contributed by atoms with van der Waals surface area (Å²) in [6.07, 6.45) is 3.45. The minimum absolute atomic E-state index is 0.713. The lowest BCUT2D eigenvalue weighted by Gasteiger charge is -2.16. The van der Waals surface area contributed by atoms with Crippen molar-refractivity contribution >= 4 is 10.9 Å². The van der Waals surface area contributed by atoms with Crippen molar-refractivity contribution in [2.75, 3.05) is 26.8 Å². The molecule has 0 aliphatic carbocycles. The maximum Gasteiger partial charge on any atom is 0.0503 e. The van der Waals surface area contributed by atoms with Gasteiger partial charge in [0.2, 0.25) is 0 Å². The first-order valence-corrected chi connectivity index (χ1v) is 7.59. The fourth-order valence-corrected chi connectivity index (χ4v) is 3.31. The van der Waals surface area contributed by atoms with Crippen LogP contribution in [0.1, 0.15) is 18.9 Å². The van der Waals surface area contributed by atoms with Crippen LogP contribution in [0.2, 0.25) is 0 Å². The van der Waals surface area contributed by atoms with Crippen molar-refractivity contribution in [2.45, 2.75) is 26.4 Å². The molecule has 3 nitrogen and oxygen atoms in total. The van der Waals surface area contributed by atoms with Crippen LogP contribution in [0.4, 0.5) is 0 Å². The maximum absolute atomic E-state index is 5.27. The molecule has 0 amide bonds. The normalized spacial score (nSPS) is 20.0. The second-order valence-electron chi connectivity index (χ2n) is 5.84. The predicted octanol–water partition coefficient (Wildman–Crippen LogP) is 3.13. The number of ether oxygens (including phenoxy) is 1. The van der Waals surface area contributed by atoms with Crippen LogP contribution < -0.4 is 0 Å². The number of aromatic nitrogens is 1. The molecule has 0 N–H and O–H groups in total. The smallest absolute Gasteiger partial charge is 0.0503 e. The highest BCUT2D eigenvalue weighted by Crippen LogP contribution is 2.22. The molecule has 1 fully saturated rings. The summed E-state index contributed by atoms with van der Waals surface area (Å²) < 4.78 is 7.56. The highest BCUT2D eigenvalue weighted by molar-refractivity contribution is 5.80. The van der Waals surface area contributed by atoms with Gasteiger partial charge in [0, 0.05) is 38.5 Å². The lowest BCUT2D eigenvalue weighted by Crippen LogP contribution is -2.21. The summed E-state index contributed by atoms with van der Waals surface area (Å²) in [4.78, 5) is 2.54.